The molecule has 0 spiro atoms. The number of carbonyl (C=O) groups is 2. The lowest BCUT2D eigenvalue weighted by Gasteiger charge is -2.36. The van der Waals surface area contributed by atoms with E-state index in [9.17, 15) is 9.59 Å². The number of piperazine rings is 1. The van der Waals surface area contributed by atoms with Crippen LogP contribution in [0.3, 0.4) is 0 Å². The third-order valence-electron chi connectivity index (χ3n) is 6.60. The molecule has 6 heteroatoms. The van der Waals surface area contributed by atoms with Crippen LogP contribution >= 0.6 is 0 Å². The maximum Gasteiger partial charge on any atom is 0.253 e. The van der Waals surface area contributed by atoms with Crippen molar-refractivity contribution in [1.82, 2.24) is 9.80 Å². The van der Waals surface area contributed by atoms with Gasteiger partial charge in [-0.15, -0.1) is 0 Å². The van der Waals surface area contributed by atoms with Gasteiger partial charge in [0.25, 0.3) is 5.91 Å². The minimum Gasteiger partial charge on any atom is -0.341 e. The zero-order valence-electron chi connectivity index (χ0n) is 17.2. The van der Waals surface area contributed by atoms with Gasteiger partial charge >= 0.3 is 0 Å². The summed E-state index contributed by atoms with van der Waals surface area (Å²) in [5.41, 5.74) is 9.86. The first kappa shape index (κ1) is 19.1. The number of rotatable bonds is 3. The Labute approximate surface area is 177 Å². The molecular weight excluding hydrogens is 376 g/mol. The number of benzene rings is 2. The smallest absolute Gasteiger partial charge is 0.253 e. The SMILES string of the molecule is NC1(C(=O)N2CCN(C(=O)c3ccc(N4CCCc5ccccc54)cc3)CC2)CC1. The van der Waals surface area contributed by atoms with E-state index in [1.165, 1.54) is 11.3 Å². The summed E-state index contributed by atoms with van der Waals surface area (Å²) in [4.78, 5) is 31.3. The molecular formula is C24H28N4O2. The van der Waals surface area contributed by atoms with E-state index >= 15 is 0 Å². The number of hydrogen-bond donors (Lipinski definition) is 1. The number of amides is 2. The normalized spacial score (nSPS) is 20.0. The van der Waals surface area contributed by atoms with Crippen molar-refractivity contribution in [3.63, 3.8) is 0 Å². The minimum absolute atomic E-state index is 0.0292. The van der Waals surface area contributed by atoms with Gasteiger partial charge in [-0.05, 0) is 61.6 Å². The molecule has 2 fully saturated rings. The predicted octanol–water partition coefficient (Wildman–Crippen LogP) is 2.55. The molecule has 0 unspecified atom stereocenters. The molecule has 1 saturated heterocycles. The van der Waals surface area contributed by atoms with E-state index in [-0.39, 0.29) is 11.8 Å². The van der Waals surface area contributed by atoms with Crippen LogP contribution in [0.2, 0.25) is 0 Å². The highest BCUT2D eigenvalue weighted by molar-refractivity contribution is 5.95. The Morgan fingerprint density at radius 2 is 1.50 bits per heavy atom. The Morgan fingerprint density at radius 3 is 2.20 bits per heavy atom. The molecule has 2 heterocycles. The fourth-order valence-corrected chi connectivity index (χ4v) is 4.54. The van der Waals surface area contributed by atoms with Gasteiger partial charge < -0.3 is 20.4 Å². The molecule has 0 radical (unpaired) electrons. The summed E-state index contributed by atoms with van der Waals surface area (Å²) in [5, 5.41) is 0. The van der Waals surface area contributed by atoms with Crippen molar-refractivity contribution in [2.24, 2.45) is 5.73 Å². The monoisotopic (exact) mass is 404 g/mol. The Bertz CT molecular complexity index is 959. The second kappa shape index (κ2) is 7.43. The summed E-state index contributed by atoms with van der Waals surface area (Å²) in [6.45, 7) is 3.23. The minimum atomic E-state index is -0.630. The van der Waals surface area contributed by atoms with Gasteiger partial charge in [0.2, 0.25) is 5.91 Å². The van der Waals surface area contributed by atoms with Gasteiger partial charge in [-0.3, -0.25) is 9.59 Å². The highest BCUT2D eigenvalue weighted by atomic mass is 16.2. The van der Waals surface area contributed by atoms with Crippen molar-refractivity contribution >= 4 is 23.2 Å². The van der Waals surface area contributed by atoms with E-state index in [2.05, 4.69) is 29.2 Å². The quantitative estimate of drug-likeness (QED) is 0.854. The lowest BCUT2D eigenvalue weighted by atomic mass is 10.0. The third kappa shape index (κ3) is 3.45. The van der Waals surface area contributed by atoms with Crippen LogP contribution in [0.25, 0.3) is 0 Å². The predicted molar refractivity (Wildman–Crippen MR) is 117 cm³/mol. The number of fused-ring (bicyclic) bond motifs is 1. The third-order valence-corrected chi connectivity index (χ3v) is 6.60. The number of aryl methyl sites for hydroxylation is 1. The summed E-state index contributed by atoms with van der Waals surface area (Å²) in [7, 11) is 0. The average Bonchev–Trinajstić information content (AvgIpc) is 3.56. The number of carbonyl (C=O) groups excluding carboxylic acids is 2. The van der Waals surface area contributed by atoms with E-state index in [1.54, 1.807) is 0 Å². The van der Waals surface area contributed by atoms with Crippen molar-refractivity contribution in [3.8, 4) is 0 Å². The van der Waals surface area contributed by atoms with E-state index in [0.29, 0.717) is 31.7 Å². The van der Waals surface area contributed by atoms with Crippen LogP contribution in [-0.2, 0) is 11.2 Å². The van der Waals surface area contributed by atoms with Gasteiger partial charge in [-0.25, -0.2) is 0 Å². The van der Waals surface area contributed by atoms with Crippen molar-refractivity contribution < 1.29 is 9.59 Å². The van der Waals surface area contributed by atoms with Crippen LogP contribution < -0.4 is 10.6 Å². The molecule has 0 atom stereocenters. The average molecular weight is 405 g/mol. The number of nitrogens with zero attached hydrogens (tertiary/aromatic N) is 3. The molecule has 1 aliphatic carbocycles. The van der Waals surface area contributed by atoms with Gasteiger partial charge in [-0.1, -0.05) is 18.2 Å². The highest BCUT2D eigenvalue weighted by Gasteiger charge is 2.48. The van der Waals surface area contributed by atoms with Crippen LogP contribution in [0.5, 0.6) is 0 Å². The summed E-state index contributed by atoms with van der Waals surface area (Å²) in [6.07, 6.45) is 3.80. The van der Waals surface area contributed by atoms with Gasteiger partial charge in [-0.2, -0.15) is 0 Å². The number of para-hydroxylation sites is 1. The molecule has 156 valence electrons. The van der Waals surface area contributed by atoms with E-state index < -0.39 is 5.54 Å². The number of anilines is 2. The summed E-state index contributed by atoms with van der Waals surface area (Å²) < 4.78 is 0. The molecule has 2 aromatic carbocycles. The van der Waals surface area contributed by atoms with Gasteiger partial charge in [0.05, 0.1) is 5.54 Å². The van der Waals surface area contributed by atoms with Gasteiger partial charge in [0, 0.05) is 49.7 Å². The summed E-state index contributed by atoms with van der Waals surface area (Å²) >= 11 is 0. The lowest BCUT2D eigenvalue weighted by molar-refractivity contribution is -0.135. The highest BCUT2D eigenvalue weighted by Crippen LogP contribution is 2.35. The Balaban J connectivity index is 1.24. The van der Waals surface area contributed by atoms with Crippen LogP contribution in [-0.4, -0.2) is 59.9 Å². The lowest BCUT2D eigenvalue weighted by Crippen LogP contribution is -2.55. The molecule has 2 N–H and O–H groups in total. The van der Waals surface area contributed by atoms with Crippen molar-refractivity contribution in [2.75, 3.05) is 37.6 Å². The summed E-state index contributed by atoms with van der Waals surface area (Å²) in [6, 6.07) is 16.5. The Morgan fingerprint density at radius 1 is 0.833 bits per heavy atom. The maximum absolute atomic E-state index is 13.0. The first-order valence-electron chi connectivity index (χ1n) is 10.9. The summed E-state index contributed by atoms with van der Waals surface area (Å²) in [5.74, 6) is 0.0716. The van der Waals surface area contributed by atoms with Crippen LogP contribution in [0.4, 0.5) is 11.4 Å². The van der Waals surface area contributed by atoms with Crippen molar-refractivity contribution in [2.45, 2.75) is 31.2 Å². The van der Waals surface area contributed by atoms with Gasteiger partial charge in [0.1, 0.15) is 0 Å². The first-order valence-corrected chi connectivity index (χ1v) is 10.9. The molecule has 2 amide bonds. The molecule has 6 nitrogen and oxygen atoms in total. The van der Waals surface area contributed by atoms with Crippen molar-refractivity contribution in [3.05, 3.63) is 59.7 Å². The molecule has 1 saturated carbocycles. The molecule has 2 aromatic rings. The topological polar surface area (TPSA) is 69.9 Å². The fraction of sp³-hybridized carbons (Fsp3) is 0.417. The zero-order chi connectivity index (χ0) is 20.7. The molecule has 3 aliphatic rings. The molecule has 0 aromatic heterocycles. The zero-order valence-corrected chi connectivity index (χ0v) is 17.2. The van der Waals surface area contributed by atoms with E-state index in [1.807, 2.05) is 34.1 Å². The van der Waals surface area contributed by atoms with Crippen molar-refractivity contribution in [1.29, 1.82) is 0 Å². The van der Waals surface area contributed by atoms with Crippen LogP contribution in [0.15, 0.2) is 48.5 Å². The van der Waals surface area contributed by atoms with Crippen LogP contribution in [0.1, 0.15) is 35.2 Å². The Hall–Kier alpha value is -2.86. The molecule has 0 bridgehead atoms. The fourth-order valence-electron chi connectivity index (χ4n) is 4.54. The molecule has 30 heavy (non-hydrogen) atoms. The Kier molecular flexibility index (Phi) is 4.74. The standard InChI is InChI=1S/C24H28N4O2/c25-24(11-12-24)23(30)27-16-14-26(15-17-27)22(29)19-7-9-20(10-8-19)28-13-3-5-18-4-1-2-6-21(18)28/h1-2,4,6-10H,3,5,11-17,25H2. The number of nitrogens with two attached hydrogens (primary N) is 1. The molecule has 2 aliphatic heterocycles. The molecule has 5 rings (SSSR count). The first-order chi connectivity index (χ1) is 14.5. The van der Waals surface area contributed by atoms with Crippen LogP contribution in [0, 0.1) is 0 Å². The second-order valence-electron chi connectivity index (χ2n) is 8.67. The largest absolute Gasteiger partial charge is 0.341 e. The van der Waals surface area contributed by atoms with Gasteiger partial charge in [0.15, 0.2) is 0 Å². The van der Waals surface area contributed by atoms with E-state index in [0.717, 1.165) is 37.9 Å². The maximum atomic E-state index is 13.0. The number of hydrogen-bond acceptors (Lipinski definition) is 4. The van der Waals surface area contributed by atoms with E-state index in [4.69, 9.17) is 5.73 Å². The second-order valence-corrected chi connectivity index (χ2v) is 8.67.